The van der Waals surface area contributed by atoms with E-state index >= 15 is 0 Å². The fraction of sp³-hybridized carbons (Fsp3) is 0.143. The second-order valence-electron chi connectivity index (χ2n) is 6.82. The highest BCUT2D eigenvalue weighted by atomic mass is 32.2. The van der Waals surface area contributed by atoms with Crippen molar-refractivity contribution in [2.24, 2.45) is 0 Å². The molecule has 2 N–H and O–H groups in total. The summed E-state index contributed by atoms with van der Waals surface area (Å²) in [5, 5.41) is 3.24. The van der Waals surface area contributed by atoms with Gasteiger partial charge in [0, 0.05) is 5.56 Å². The summed E-state index contributed by atoms with van der Waals surface area (Å²) in [5.41, 5.74) is 2.84. The van der Waals surface area contributed by atoms with Gasteiger partial charge in [-0.1, -0.05) is 23.5 Å². The van der Waals surface area contributed by atoms with Crippen LogP contribution in [-0.4, -0.2) is 19.3 Å². The van der Waals surface area contributed by atoms with E-state index in [-0.39, 0.29) is 17.0 Å². The van der Waals surface area contributed by atoms with Crippen LogP contribution in [0.3, 0.4) is 0 Å². The van der Waals surface area contributed by atoms with Crippen molar-refractivity contribution in [3.63, 3.8) is 0 Å². The van der Waals surface area contributed by atoms with Crippen LogP contribution in [0.2, 0.25) is 0 Å². The van der Waals surface area contributed by atoms with Crippen LogP contribution < -0.4 is 10.0 Å². The fourth-order valence-corrected chi connectivity index (χ4v) is 4.90. The van der Waals surface area contributed by atoms with Crippen molar-refractivity contribution in [1.82, 2.24) is 9.71 Å². The third-order valence-corrected chi connectivity index (χ3v) is 6.88. The molecule has 0 radical (unpaired) electrons. The van der Waals surface area contributed by atoms with Gasteiger partial charge in [-0.15, -0.1) is 0 Å². The number of anilines is 1. The molecule has 0 spiro atoms. The molecule has 2 aromatic carbocycles. The van der Waals surface area contributed by atoms with Gasteiger partial charge in [0.15, 0.2) is 5.13 Å². The van der Waals surface area contributed by atoms with Crippen molar-refractivity contribution >= 4 is 42.6 Å². The topological polar surface area (TPSA) is 101 Å². The normalized spacial score (nSPS) is 11.7. The quantitative estimate of drug-likeness (QED) is 0.466. The van der Waals surface area contributed by atoms with Crippen LogP contribution in [0.4, 0.5) is 5.13 Å². The smallest absolute Gasteiger partial charge is 0.257 e. The molecule has 9 heteroatoms. The number of carbonyl (C=O) groups excluding carboxylic acids is 1. The maximum Gasteiger partial charge on any atom is 0.257 e. The summed E-state index contributed by atoms with van der Waals surface area (Å²) in [6, 6.07) is 13.7. The van der Waals surface area contributed by atoms with Gasteiger partial charge in [-0.2, -0.15) is 0 Å². The van der Waals surface area contributed by atoms with Crippen molar-refractivity contribution in [3.05, 3.63) is 77.2 Å². The molecule has 0 aliphatic carbocycles. The van der Waals surface area contributed by atoms with Crippen LogP contribution in [0.15, 0.2) is 64.1 Å². The van der Waals surface area contributed by atoms with Crippen LogP contribution >= 0.6 is 11.3 Å². The van der Waals surface area contributed by atoms with E-state index in [4.69, 9.17) is 4.42 Å². The summed E-state index contributed by atoms with van der Waals surface area (Å²) in [5.74, 6) is 0.0843. The number of amides is 1. The van der Waals surface area contributed by atoms with E-state index in [1.54, 1.807) is 25.1 Å². The van der Waals surface area contributed by atoms with Crippen molar-refractivity contribution in [3.8, 4) is 0 Å². The number of nitrogens with one attached hydrogen (secondary N) is 2. The Bertz CT molecular complexity index is 1330. The third kappa shape index (κ3) is 4.28. The first kappa shape index (κ1) is 20.3. The minimum atomic E-state index is -3.81. The Morgan fingerprint density at radius 2 is 1.97 bits per heavy atom. The number of hydrogen-bond donors (Lipinski definition) is 2. The monoisotopic (exact) mass is 441 g/mol. The van der Waals surface area contributed by atoms with Gasteiger partial charge >= 0.3 is 0 Å². The lowest BCUT2D eigenvalue weighted by Crippen LogP contribution is -2.24. The summed E-state index contributed by atoms with van der Waals surface area (Å²) in [7, 11) is -3.81. The first-order chi connectivity index (χ1) is 14.3. The molecule has 0 fully saturated rings. The molecular weight excluding hydrogens is 422 g/mol. The van der Waals surface area contributed by atoms with E-state index < -0.39 is 15.9 Å². The number of carbonyl (C=O) groups is 1. The van der Waals surface area contributed by atoms with E-state index in [2.05, 4.69) is 15.0 Å². The van der Waals surface area contributed by atoms with E-state index in [1.165, 1.54) is 29.7 Å². The molecule has 154 valence electrons. The zero-order chi connectivity index (χ0) is 21.3. The van der Waals surface area contributed by atoms with Crippen LogP contribution in [0.5, 0.6) is 0 Å². The number of nitrogens with zero attached hydrogens (tertiary/aromatic N) is 1. The maximum atomic E-state index is 12.8. The average molecular weight is 442 g/mol. The number of sulfonamides is 1. The number of thiazole rings is 1. The number of benzene rings is 2. The summed E-state index contributed by atoms with van der Waals surface area (Å²) < 4.78 is 33.8. The molecule has 1 amide bonds. The van der Waals surface area contributed by atoms with E-state index in [1.807, 2.05) is 25.1 Å². The Balaban J connectivity index is 1.56. The molecule has 0 saturated carbocycles. The first-order valence-corrected chi connectivity index (χ1v) is 11.4. The molecule has 30 heavy (non-hydrogen) atoms. The van der Waals surface area contributed by atoms with Crippen molar-refractivity contribution < 1.29 is 17.6 Å². The Labute approximate surface area is 177 Å². The zero-order valence-electron chi connectivity index (χ0n) is 16.3. The molecule has 4 aromatic rings. The standard InChI is InChI=1S/C21H19N3O4S2/c1-13-5-8-18-19(10-13)29-21(23-18)24-20(25)17-11-16(7-6-14(17)2)30(26,27)22-12-15-4-3-9-28-15/h3-11,22H,12H2,1-2H3,(H,23,24,25). The van der Waals surface area contributed by atoms with Crippen molar-refractivity contribution in [2.45, 2.75) is 25.3 Å². The first-order valence-electron chi connectivity index (χ1n) is 9.13. The molecule has 0 atom stereocenters. The molecule has 7 nitrogen and oxygen atoms in total. The van der Waals surface area contributed by atoms with E-state index in [9.17, 15) is 13.2 Å². The number of fused-ring (bicyclic) bond motifs is 1. The lowest BCUT2D eigenvalue weighted by atomic mass is 10.1. The second kappa shape index (κ2) is 8.02. The van der Waals surface area contributed by atoms with Gasteiger partial charge in [-0.25, -0.2) is 18.1 Å². The molecule has 2 heterocycles. The van der Waals surface area contributed by atoms with Crippen molar-refractivity contribution in [2.75, 3.05) is 5.32 Å². The molecule has 0 aliphatic heterocycles. The van der Waals surface area contributed by atoms with Crippen LogP contribution in [0.1, 0.15) is 27.2 Å². The summed E-state index contributed by atoms with van der Waals surface area (Å²) >= 11 is 1.37. The minimum Gasteiger partial charge on any atom is -0.468 e. The molecule has 0 saturated heterocycles. The number of furan rings is 1. The Hall–Kier alpha value is -3.01. The van der Waals surface area contributed by atoms with Gasteiger partial charge in [-0.3, -0.25) is 10.1 Å². The Morgan fingerprint density at radius 1 is 1.13 bits per heavy atom. The number of aromatic nitrogens is 1. The van der Waals surface area contributed by atoms with E-state index in [0.29, 0.717) is 16.5 Å². The predicted molar refractivity (Wildman–Crippen MR) is 116 cm³/mol. The van der Waals surface area contributed by atoms with Gasteiger partial charge in [0.2, 0.25) is 10.0 Å². The van der Waals surface area contributed by atoms with Gasteiger partial charge in [0.25, 0.3) is 5.91 Å². The number of hydrogen-bond acceptors (Lipinski definition) is 6. The van der Waals surface area contributed by atoms with E-state index in [0.717, 1.165) is 15.8 Å². The van der Waals surface area contributed by atoms with Crippen LogP contribution in [0.25, 0.3) is 10.2 Å². The molecule has 4 rings (SSSR count). The second-order valence-corrected chi connectivity index (χ2v) is 9.62. The molecule has 2 aromatic heterocycles. The molecule has 0 aliphatic rings. The minimum absolute atomic E-state index is 0.00438. The highest BCUT2D eigenvalue weighted by Crippen LogP contribution is 2.27. The highest BCUT2D eigenvalue weighted by molar-refractivity contribution is 7.89. The number of aryl methyl sites for hydroxylation is 2. The van der Waals surface area contributed by atoms with Gasteiger partial charge in [0.1, 0.15) is 5.76 Å². The lowest BCUT2D eigenvalue weighted by molar-refractivity contribution is 0.102. The third-order valence-electron chi connectivity index (χ3n) is 4.54. The Morgan fingerprint density at radius 3 is 2.73 bits per heavy atom. The van der Waals surface area contributed by atoms with Gasteiger partial charge in [0.05, 0.1) is 27.9 Å². The van der Waals surface area contributed by atoms with Crippen LogP contribution in [-0.2, 0) is 16.6 Å². The molecule has 0 unspecified atom stereocenters. The summed E-state index contributed by atoms with van der Waals surface area (Å²) in [6.07, 6.45) is 1.47. The van der Waals surface area contributed by atoms with Crippen LogP contribution in [0, 0.1) is 13.8 Å². The predicted octanol–water partition coefficient (Wildman–Crippen LogP) is 4.24. The molecular formula is C21H19N3O4S2. The SMILES string of the molecule is Cc1ccc2nc(NC(=O)c3cc(S(=O)(=O)NCc4ccco4)ccc3C)sc2c1. The van der Waals surface area contributed by atoms with Crippen molar-refractivity contribution in [1.29, 1.82) is 0 Å². The summed E-state index contributed by atoms with van der Waals surface area (Å²) in [6.45, 7) is 3.77. The highest BCUT2D eigenvalue weighted by Gasteiger charge is 2.19. The largest absolute Gasteiger partial charge is 0.468 e. The molecule has 0 bridgehead atoms. The zero-order valence-corrected chi connectivity index (χ0v) is 17.9. The fourth-order valence-electron chi connectivity index (χ4n) is 2.93. The maximum absolute atomic E-state index is 12.8. The van der Waals surface area contributed by atoms with Gasteiger partial charge in [-0.05, 0) is 61.4 Å². The Kier molecular flexibility index (Phi) is 5.42. The number of rotatable bonds is 6. The van der Waals surface area contributed by atoms with Gasteiger partial charge < -0.3 is 4.42 Å². The average Bonchev–Trinajstić information content (AvgIpc) is 3.35. The lowest BCUT2D eigenvalue weighted by Gasteiger charge is -2.10. The summed E-state index contributed by atoms with van der Waals surface area (Å²) in [4.78, 5) is 17.3.